The maximum Gasteiger partial charge on any atom is 0.248 e. The molecule has 3 aromatic rings. The molecule has 136 valence electrons. The molecular weight excluding hydrogens is 354 g/mol. The SMILES string of the molecule is COc1ccc(-c2nnc(-c3ccccc3)o2)cc1S(=O)(=O)NC(C)C. The smallest absolute Gasteiger partial charge is 0.248 e. The number of nitrogens with one attached hydrogen (secondary N) is 1. The Labute approximate surface area is 152 Å². The van der Waals surface area contributed by atoms with Crippen LogP contribution in [0.15, 0.2) is 57.8 Å². The van der Waals surface area contributed by atoms with E-state index in [1.165, 1.54) is 13.2 Å². The molecule has 8 heteroatoms. The first kappa shape index (κ1) is 18.1. The van der Waals surface area contributed by atoms with Gasteiger partial charge < -0.3 is 9.15 Å². The second-order valence-electron chi connectivity index (χ2n) is 5.92. The minimum atomic E-state index is -3.74. The number of nitrogens with zero attached hydrogens (tertiary/aromatic N) is 2. The van der Waals surface area contributed by atoms with Crippen molar-refractivity contribution >= 4 is 10.0 Å². The molecule has 7 nitrogen and oxygen atoms in total. The van der Waals surface area contributed by atoms with Crippen molar-refractivity contribution < 1.29 is 17.6 Å². The second-order valence-corrected chi connectivity index (χ2v) is 7.60. The molecule has 2 aromatic carbocycles. The first-order valence-corrected chi connectivity index (χ1v) is 9.48. The highest BCUT2D eigenvalue weighted by molar-refractivity contribution is 7.89. The van der Waals surface area contributed by atoms with Crippen LogP contribution in [0.2, 0.25) is 0 Å². The number of hydrogen-bond donors (Lipinski definition) is 1. The molecule has 1 N–H and O–H groups in total. The number of hydrogen-bond acceptors (Lipinski definition) is 6. The van der Waals surface area contributed by atoms with Crippen molar-refractivity contribution in [1.29, 1.82) is 0 Å². The molecule has 3 rings (SSSR count). The predicted molar refractivity (Wildman–Crippen MR) is 97.2 cm³/mol. The van der Waals surface area contributed by atoms with Crippen LogP contribution in [0, 0.1) is 0 Å². The largest absolute Gasteiger partial charge is 0.495 e. The van der Waals surface area contributed by atoms with Gasteiger partial charge in [0.2, 0.25) is 21.8 Å². The molecule has 26 heavy (non-hydrogen) atoms. The van der Waals surface area contributed by atoms with Crippen LogP contribution in [0.25, 0.3) is 22.9 Å². The van der Waals surface area contributed by atoms with Gasteiger partial charge in [-0.05, 0) is 44.2 Å². The van der Waals surface area contributed by atoms with Gasteiger partial charge in [0.15, 0.2) is 0 Å². The lowest BCUT2D eigenvalue weighted by molar-refractivity contribution is 0.402. The molecule has 0 saturated carbocycles. The van der Waals surface area contributed by atoms with Gasteiger partial charge in [-0.1, -0.05) is 18.2 Å². The first-order valence-electron chi connectivity index (χ1n) is 8.00. The van der Waals surface area contributed by atoms with Gasteiger partial charge in [-0.3, -0.25) is 0 Å². The molecule has 0 aliphatic rings. The Kier molecular flexibility index (Phi) is 5.06. The Balaban J connectivity index is 2.02. The van der Waals surface area contributed by atoms with Crippen LogP contribution in [-0.4, -0.2) is 31.8 Å². The Morgan fingerprint density at radius 3 is 2.27 bits per heavy atom. The fraction of sp³-hybridized carbons (Fsp3) is 0.222. The van der Waals surface area contributed by atoms with E-state index in [9.17, 15) is 8.42 Å². The van der Waals surface area contributed by atoms with Crippen molar-refractivity contribution in [1.82, 2.24) is 14.9 Å². The molecule has 0 bridgehead atoms. The summed E-state index contributed by atoms with van der Waals surface area (Å²) in [6, 6.07) is 13.8. The van der Waals surface area contributed by atoms with Gasteiger partial charge in [-0.15, -0.1) is 10.2 Å². The number of aromatic nitrogens is 2. The summed E-state index contributed by atoms with van der Waals surface area (Å²) in [6.07, 6.45) is 0. The van der Waals surface area contributed by atoms with E-state index in [2.05, 4.69) is 14.9 Å². The molecule has 0 atom stereocenters. The van der Waals surface area contributed by atoms with E-state index in [-0.39, 0.29) is 22.6 Å². The van der Waals surface area contributed by atoms with Gasteiger partial charge in [0, 0.05) is 17.2 Å². The molecule has 0 fully saturated rings. The van der Waals surface area contributed by atoms with Gasteiger partial charge in [0.05, 0.1) is 7.11 Å². The van der Waals surface area contributed by atoms with Crippen LogP contribution in [0.3, 0.4) is 0 Å². The normalized spacial score (nSPS) is 11.7. The standard InChI is InChI=1S/C18H19N3O4S/c1-12(2)21-26(22,23)16-11-14(9-10-15(16)24-3)18-20-19-17(25-18)13-7-5-4-6-8-13/h4-12,21H,1-3H3. The Morgan fingerprint density at radius 2 is 1.65 bits per heavy atom. The van der Waals surface area contributed by atoms with Crippen molar-refractivity contribution in [2.75, 3.05) is 7.11 Å². The number of benzene rings is 2. The van der Waals surface area contributed by atoms with Gasteiger partial charge in [0.25, 0.3) is 0 Å². The van der Waals surface area contributed by atoms with Gasteiger partial charge in [-0.25, -0.2) is 13.1 Å². The van der Waals surface area contributed by atoms with Crippen LogP contribution < -0.4 is 9.46 Å². The Bertz CT molecular complexity index is 998. The van der Waals surface area contributed by atoms with E-state index >= 15 is 0 Å². The van der Waals surface area contributed by atoms with Crippen molar-refractivity contribution in [3.05, 3.63) is 48.5 Å². The fourth-order valence-corrected chi connectivity index (χ4v) is 3.88. The maximum atomic E-state index is 12.6. The lowest BCUT2D eigenvalue weighted by Crippen LogP contribution is -2.30. The average Bonchev–Trinajstić information content (AvgIpc) is 3.11. The summed E-state index contributed by atoms with van der Waals surface area (Å²) < 4.78 is 38.6. The third kappa shape index (κ3) is 3.76. The first-order chi connectivity index (χ1) is 12.4. The topological polar surface area (TPSA) is 94.3 Å². The highest BCUT2D eigenvalue weighted by atomic mass is 32.2. The number of rotatable bonds is 6. The molecule has 0 saturated heterocycles. The third-order valence-corrected chi connectivity index (χ3v) is 5.22. The summed E-state index contributed by atoms with van der Waals surface area (Å²) in [7, 11) is -2.32. The summed E-state index contributed by atoms with van der Waals surface area (Å²) in [5, 5.41) is 8.06. The van der Waals surface area contributed by atoms with Gasteiger partial charge in [-0.2, -0.15) is 0 Å². The molecule has 0 radical (unpaired) electrons. The third-order valence-electron chi connectivity index (χ3n) is 3.54. The van der Waals surface area contributed by atoms with E-state index in [4.69, 9.17) is 9.15 Å². The number of ether oxygens (including phenoxy) is 1. The van der Waals surface area contributed by atoms with Crippen molar-refractivity contribution in [3.8, 4) is 28.7 Å². The van der Waals surface area contributed by atoms with Crippen LogP contribution in [0.4, 0.5) is 0 Å². The Morgan fingerprint density at radius 1 is 1.00 bits per heavy atom. The monoisotopic (exact) mass is 373 g/mol. The lowest BCUT2D eigenvalue weighted by atomic mass is 10.2. The summed E-state index contributed by atoms with van der Waals surface area (Å²) >= 11 is 0. The van der Waals surface area contributed by atoms with Crippen molar-refractivity contribution in [3.63, 3.8) is 0 Å². The zero-order valence-electron chi connectivity index (χ0n) is 14.6. The fourth-order valence-electron chi connectivity index (χ4n) is 2.43. The summed E-state index contributed by atoms with van der Waals surface area (Å²) in [6.45, 7) is 3.50. The zero-order chi connectivity index (χ0) is 18.7. The molecule has 0 amide bonds. The van der Waals surface area contributed by atoms with Crippen LogP contribution in [0.5, 0.6) is 5.75 Å². The van der Waals surface area contributed by atoms with Gasteiger partial charge >= 0.3 is 0 Å². The second kappa shape index (κ2) is 7.27. The number of sulfonamides is 1. The van der Waals surface area contributed by atoms with Crippen LogP contribution in [0.1, 0.15) is 13.8 Å². The predicted octanol–water partition coefficient (Wildman–Crippen LogP) is 3.10. The van der Waals surface area contributed by atoms with E-state index in [0.717, 1.165) is 5.56 Å². The van der Waals surface area contributed by atoms with E-state index < -0.39 is 10.0 Å². The average molecular weight is 373 g/mol. The quantitative estimate of drug-likeness (QED) is 0.713. The Hall–Kier alpha value is -2.71. The van der Waals surface area contributed by atoms with E-state index in [0.29, 0.717) is 11.5 Å². The minimum Gasteiger partial charge on any atom is -0.495 e. The molecule has 1 heterocycles. The van der Waals surface area contributed by atoms with E-state index in [1.54, 1.807) is 26.0 Å². The van der Waals surface area contributed by atoms with Crippen molar-refractivity contribution in [2.45, 2.75) is 24.8 Å². The summed E-state index contributed by atoms with van der Waals surface area (Å²) in [5.74, 6) is 0.832. The molecule has 0 aliphatic carbocycles. The summed E-state index contributed by atoms with van der Waals surface area (Å²) in [4.78, 5) is 0.0191. The zero-order valence-corrected chi connectivity index (χ0v) is 15.4. The molecule has 0 spiro atoms. The van der Waals surface area contributed by atoms with E-state index in [1.807, 2.05) is 30.3 Å². The minimum absolute atomic E-state index is 0.0191. The van der Waals surface area contributed by atoms with Gasteiger partial charge in [0.1, 0.15) is 10.6 Å². The molecular formula is C18H19N3O4S. The molecule has 0 unspecified atom stereocenters. The highest BCUT2D eigenvalue weighted by Crippen LogP contribution is 2.30. The van der Waals surface area contributed by atoms with Crippen LogP contribution in [-0.2, 0) is 10.0 Å². The maximum absolute atomic E-state index is 12.6. The number of methoxy groups -OCH3 is 1. The lowest BCUT2D eigenvalue weighted by Gasteiger charge is -2.13. The van der Waals surface area contributed by atoms with Crippen LogP contribution >= 0.6 is 0 Å². The summed E-state index contributed by atoms with van der Waals surface area (Å²) in [5.41, 5.74) is 1.28. The molecule has 1 aromatic heterocycles. The van der Waals surface area contributed by atoms with Crippen molar-refractivity contribution in [2.24, 2.45) is 0 Å². The molecule has 0 aliphatic heterocycles. The highest BCUT2D eigenvalue weighted by Gasteiger charge is 2.22.